The predicted octanol–water partition coefficient (Wildman–Crippen LogP) is 3.34. The Kier molecular flexibility index (Phi) is 6.66. The molecule has 1 saturated heterocycles. The van der Waals surface area contributed by atoms with Crippen LogP contribution < -0.4 is 5.32 Å². The minimum atomic E-state index is -0.499. The smallest absolute Gasteiger partial charge is 0.243 e. The Morgan fingerprint density at radius 2 is 2.17 bits per heavy atom. The van der Waals surface area contributed by atoms with Gasteiger partial charge in [0.1, 0.15) is 17.2 Å². The van der Waals surface area contributed by atoms with Crippen LogP contribution in [0.1, 0.15) is 44.6 Å². The van der Waals surface area contributed by atoms with Gasteiger partial charge in [-0.05, 0) is 30.0 Å². The second-order valence-electron chi connectivity index (χ2n) is 6.45. The SMILES string of the molecule is CCCC(=O)N1C(C(=O)NCC(C)C)CSC1c1cccc(F)c1. The Morgan fingerprint density at radius 1 is 1.42 bits per heavy atom. The summed E-state index contributed by atoms with van der Waals surface area (Å²) in [6.45, 7) is 6.57. The van der Waals surface area contributed by atoms with E-state index in [0.717, 1.165) is 12.0 Å². The van der Waals surface area contributed by atoms with Crippen LogP contribution in [0.25, 0.3) is 0 Å². The zero-order valence-electron chi connectivity index (χ0n) is 14.4. The Hall–Kier alpha value is -1.56. The molecule has 2 rings (SSSR count). The minimum Gasteiger partial charge on any atom is -0.354 e. The van der Waals surface area contributed by atoms with Crippen LogP contribution in [0.3, 0.4) is 0 Å². The van der Waals surface area contributed by atoms with Gasteiger partial charge < -0.3 is 10.2 Å². The minimum absolute atomic E-state index is 0.0542. The van der Waals surface area contributed by atoms with Crippen molar-refractivity contribution < 1.29 is 14.0 Å². The highest BCUT2D eigenvalue weighted by Gasteiger charge is 2.41. The lowest BCUT2D eigenvalue weighted by atomic mass is 10.1. The number of hydrogen-bond donors (Lipinski definition) is 1. The van der Waals surface area contributed by atoms with Crippen LogP contribution in [0.4, 0.5) is 4.39 Å². The van der Waals surface area contributed by atoms with E-state index in [0.29, 0.717) is 24.6 Å². The predicted molar refractivity (Wildman–Crippen MR) is 95.0 cm³/mol. The maximum Gasteiger partial charge on any atom is 0.243 e. The van der Waals surface area contributed by atoms with E-state index in [4.69, 9.17) is 0 Å². The van der Waals surface area contributed by atoms with Gasteiger partial charge in [-0.15, -0.1) is 11.8 Å². The first-order valence-corrected chi connectivity index (χ1v) is 9.44. The Balaban J connectivity index is 2.22. The van der Waals surface area contributed by atoms with Crippen molar-refractivity contribution in [3.63, 3.8) is 0 Å². The van der Waals surface area contributed by atoms with Gasteiger partial charge in [-0.3, -0.25) is 9.59 Å². The number of thioether (sulfide) groups is 1. The van der Waals surface area contributed by atoms with Crippen LogP contribution in [-0.4, -0.2) is 35.1 Å². The normalized spacial score (nSPS) is 20.5. The molecule has 0 radical (unpaired) electrons. The molecule has 1 heterocycles. The molecule has 1 fully saturated rings. The van der Waals surface area contributed by atoms with E-state index >= 15 is 0 Å². The molecule has 0 saturated carbocycles. The topological polar surface area (TPSA) is 49.4 Å². The zero-order chi connectivity index (χ0) is 17.7. The van der Waals surface area contributed by atoms with E-state index in [2.05, 4.69) is 5.32 Å². The summed E-state index contributed by atoms with van der Waals surface area (Å²) in [6, 6.07) is 5.77. The molecule has 0 bridgehead atoms. The van der Waals surface area contributed by atoms with Crippen LogP contribution in [0.5, 0.6) is 0 Å². The van der Waals surface area contributed by atoms with Gasteiger partial charge in [-0.1, -0.05) is 32.9 Å². The monoisotopic (exact) mass is 352 g/mol. The third-order valence-electron chi connectivity index (χ3n) is 3.87. The fraction of sp³-hybridized carbons (Fsp3) is 0.556. The van der Waals surface area contributed by atoms with Crippen LogP contribution >= 0.6 is 11.8 Å². The summed E-state index contributed by atoms with van der Waals surface area (Å²) in [5.74, 6) is 0.368. The summed E-state index contributed by atoms with van der Waals surface area (Å²) in [7, 11) is 0. The second kappa shape index (κ2) is 8.51. The molecular weight excluding hydrogens is 327 g/mol. The van der Waals surface area contributed by atoms with Crippen LogP contribution in [0.2, 0.25) is 0 Å². The van der Waals surface area contributed by atoms with E-state index in [1.165, 1.54) is 23.9 Å². The van der Waals surface area contributed by atoms with Crippen molar-refractivity contribution in [1.29, 1.82) is 0 Å². The number of amides is 2. The lowest BCUT2D eigenvalue weighted by molar-refractivity contribution is -0.140. The Bertz CT molecular complexity index is 594. The summed E-state index contributed by atoms with van der Waals surface area (Å²) in [6.07, 6.45) is 1.11. The largest absolute Gasteiger partial charge is 0.354 e. The summed E-state index contributed by atoms with van der Waals surface area (Å²) < 4.78 is 13.6. The Morgan fingerprint density at radius 3 is 2.79 bits per heavy atom. The third-order valence-corrected chi connectivity index (χ3v) is 5.20. The highest BCUT2D eigenvalue weighted by atomic mass is 32.2. The van der Waals surface area contributed by atoms with Gasteiger partial charge in [0.2, 0.25) is 11.8 Å². The molecule has 0 aromatic heterocycles. The van der Waals surface area contributed by atoms with E-state index < -0.39 is 6.04 Å². The first-order valence-electron chi connectivity index (χ1n) is 8.40. The molecule has 1 aromatic rings. The number of carbonyl (C=O) groups excluding carboxylic acids is 2. The molecule has 1 aliphatic rings. The van der Waals surface area contributed by atoms with Gasteiger partial charge in [0, 0.05) is 18.7 Å². The number of carbonyl (C=O) groups is 2. The van der Waals surface area contributed by atoms with Gasteiger partial charge in [0.05, 0.1) is 0 Å². The molecule has 132 valence electrons. The van der Waals surface area contributed by atoms with Gasteiger partial charge in [-0.2, -0.15) is 0 Å². The van der Waals surface area contributed by atoms with Crippen molar-refractivity contribution in [3.8, 4) is 0 Å². The average Bonchev–Trinajstić information content (AvgIpc) is 2.98. The maximum atomic E-state index is 13.6. The van der Waals surface area contributed by atoms with Crippen molar-refractivity contribution in [2.45, 2.75) is 45.0 Å². The van der Waals surface area contributed by atoms with Gasteiger partial charge in [-0.25, -0.2) is 4.39 Å². The van der Waals surface area contributed by atoms with E-state index in [-0.39, 0.29) is 23.0 Å². The second-order valence-corrected chi connectivity index (χ2v) is 7.56. The van der Waals surface area contributed by atoms with E-state index in [1.54, 1.807) is 17.0 Å². The number of benzene rings is 1. The van der Waals surface area contributed by atoms with Crippen molar-refractivity contribution >= 4 is 23.6 Å². The van der Waals surface area contributed by atoms with Gasteiger partial charge in [0.25, 0.3) is 0 Å². The summed E-state index contributed by atoms with van der Waals surface area (Å²) in [5.41, 5.74) is 0.726. The third kappa shape index (κ3) is 4.50. The first-order chi connectivity index (χ1) is 11.4. The number of nitrogens with zero attached hydrogens (tertiary/aromatic N) is 1. The molecule has 24 heavy (non-hydrogen) atoms. The molecule has 1 N–H and O–H groups in total. The molecule has 2 atom stereocenters. The molecule has 6 heteroatoms. The first kappa shape index (κ1) is 18.8. The summed E-state index contributed by atoms with van der Waals surface area (Å²) in [5, 5.41) is 2.60. The zero-order valence-corrected chi connectivity index (χ0v) is 15.2. The fourth-order valence-corrected chi connectivity index (χ4v) is 4.14. The molecule has 4 nitrogen and oxygen atoms in total. The molecule has 1 aliphatic heterocycles. The lowest BCUT2D eigenvalue weighted by Gasteiger charge is -2.29. The van der Waals surface area contributed by atoms with Crippen LogP contribution in [0, 0.1) is 11.7 Å². The van der Waals surface area contributed by atoms with Crippen molar-refractivity contribution in [2.24, 2.45) is 5.92 Å². The number of rotatable bonds is 6. The van der Waals surface area contributed by atoms with Crippen LogP contribution in [0.15, 0.2) is 24.3 Å². The molecule has 0 aliphatic carbocycles. The number of halogens is 1. The fourth-order valence-electron chi connectivity index (χ4n) is 2.70. The molecular formula is C18H25FN2O2S. The number of hydrogen-bond acceptors (Lipinski definition) is 3. The van der Waals surface area contributed by atoms with Crippen molar-refractivity contribution in [1.82, 2.24) is 10.2 Å². The highest BCUT2D eigenvalue weighted by Crippen LogP contribution is 2.42. The van der Waals surface area contributed by atoms with E-state index in [9.17, 15) is 14.0 Å². The molecule has 0 spiro atoms. The standard InChI is InChI=1S/C18H25FN2O2S/c1-4-6-16(22)21-15(17(23)20-10-12(2)3)11-24-18(21)13-7-5-8-14(19)9-13/h5,7-9,12,15,18H,4,6,10-11H2,1-3H3,(H,20,23). The number of nitrogens with one attached hydrogen (secondary N) is 1. The van der Waals surface area contributed by atoms with E-state index in [1.807, 2.05) is 20.8 Å². The summed E-state index contributed by atoms with van der Waals surface area (Å²) >= 11 is 1.51. The molecule has 2 amide bonds. The highest BCUT2D eigenvalue weighted by molar-refractivity contribution is 7.99. The molecule has 2 unspecified atom stereocenters. The molecule has 1 aromatic carbocycles. The summed E-state index contributed by atoms with van der Waals surface area (Å²) in [4.78, 5) is 26.8. The quantitative estimate of drug-likeness (QED) is 0.854. The lowest BCUT2D eigenvalue weighted by Crippen LogP contribution is -2.48. The maximum absolute atomic E-state index is 13.6. The van der Waals surface area contributed by atoms with Crippen LogP contribution in [-0.2, 0) is 9.59 Å². The van der Waals surface area contributed by atoms with Crippen molar-refractivity contribution in [2.75, 3.05) is 12.3 Å². The van der Waals surface area contributed by atoms with Gasteiger partial charge >= 0.3 is 0 Å². The van der Waals surface area contributed by atoms with Crippen molar-refractivity contribution in [3.05, 3.63) is 35.6 Å². The van der Waals surface area contributed by atoms with Gasteiger partial charge in [0.15, 0.2) is 0 Å². The average molecular weight is 352 g/mol. The Labute approximate surface area is 147 Å².